The van der Waals surface area contributed by atoms with E-state index in [1.54, 1.807) is 18.2 Å². The van der Waals surface area contributed by atoms with E-state index in [4.69, 9.17) is 25.3 Å². The average molecular weight is 431 g/mol. The topological polar surface area (TPSA) is 95.4 Å². The van der Waals surface area contributed by atoms with Gasteiger partial charge in [-0.15, -0.1) is 0 Å². The minimum absolute atomic E-state index is 0.00500. The largest absolute Gasteiger partial charge is 0.495 e. The summed E-state index contributed by atoms with van der Waals surface area (Å²) in [5.41, 5.74) is 0.796. The number of rotatable bonds is 6. The van der Waals surface area contributed by atoms with Gasteiger partial charge in [-0.25, -0.2) is 8.42 Å². The van der Waals surface area contributed by atoms with E-state index in [1.807, 2.05) is 30.3 Å². The summed E-state index contributed by atoms with van der Waals surface area (Å²) < 4.78 is 41.7. The number of methoxy groups -OCH3 is 1. The summed E-state index contributed by atoms with van der Waals surface area (Å²) in [6, 6.07) is 16.9. The number of furan rings is 1. The lowest BCUT2D eigenvalue weighted by atomic mass is 10.2. The molecule has 0 aliphatic carbocycles. The average Bonchev–Trinajstić information content (AvgIpc) is 3.38. The van der Waals surface area contributed by atoms with Gasteiger partial charge in [0.1, 0.15) is 22.2 Å². The monoisotopic (exact) mass is 430 g/mol. The van der Waals surface area contributed by atoms with Crippen LogP contribution in [0.15, 0.2) is 74.5 Å². The number of ether oxygens (including phenoxy) is 1. The minimum atomic E-state index is -3.76. The summed E-state index contributed by atoms with van der Waals surface area (Å²) in [6.45, 7) is 0. The van der Waals surface area contributed by atoms with Crippen LogP contribution < -0.4 is 4.74 Å². The lowest BCUT2D eigenvalue weighted by Gasteiger charge is -2.09. The standard InChI is InChI=1S/C20H15ClN2O5S/c1-26-16-9-7-14(21)11-18(16)29(24,25)12-15-8-10-17(27-15)20-22-19(23-28-20)13-5-3-2-4-6-13/h2-11H,12H2,1H3. The minimum Gasteiger partial charge on any atom is -0.495 e. The number of sulfone groups is 1. The molecule has 2 heterocycles. The number of nitrogens with zero attached hydrogens (tertiary/aromatic N) is 2. The second-order valence-electron chi connectivity index (χ2n) is 6.11. The summed E-state index contributed by atoms with van der Waals surface area (Å²) in [4.78, 5) is 4.29. The molecule has 7 nitrogen and oxygen atoms in total. The fourth-order valence-corrected chi connectivity index (χ4v) is 4.44. The number of hydrogen-bond acceptors (Lipinski definition) is 7. The highest BCUT2D eigenvalue weighted by atomic mass is 35.5. The van der Waals surface area contributed by atoms with Gasteiger partial charge >= 0.3 is 0 Å². The molecule has 0 spiro atoms. The number of hydrogen-bond donors (Lipinski definition) is 0. The molecule has 0 atom stereocenters. The summed E-state index contributed by atoms with van der Waals surface area (Å²) in [7, 11) is -2.36. The zero-order valence-electron chi connectivity index (χ0n) is 15.2. The highest BCUT2D eigenvalue weighted by Gasteiger charge is 2.23. The predicted molar refractivity (Wildman–Crippen MR) is 106 cm³/mol. The Kier molecular flexibility index (Phi) is 5.12. The first-order valence-corrected chi connectivity index (χ1v) is 10.5. The lowest BCUT2D eigenvalue weighted by molar-refractivity contribution is 0.402. The van der Waals surface area contributed by atoms with Gasteiger partial charge in [0.05, 0.1) is 7.11 Å². The van der Waals surface area contributed by atoms with Crippen LogP contribution in [0.2, 0.25) is 5.02 Å². The van der Waals surface area contributed by atoms with E-state index in [9.17, 15) is 8.42 Å². The second kappa shape index (κ2) is 7.73. The molecule has 0 fully saturated rings. The van der Waals surface area contributed by atoms with Crippen molar-refractivity contribution in [3.63, 3.8) is 0 Å². The van der Waals surface area contributed by atoms with E-state index in [-0.39, 0.29) is 33.8 Å². The molecule has 4 rings (SSSR count). The third-order valence-corrected chi connectivity index (χ3v) is 6.01. The molecule has 29 heavy (non-hydrogen) atoms. The Bertz CT molecular complexity index is 1250. The van der Waals surface area contributed by atoms with Crippen LogP contribution >= 0.6 is 11.6 Å². The van der Waals surface area contributed by atoms with Crippen LogP contribution in [0.3, 0.4) is 0 Å². The van der Waals surface area contributed by atoms with E-state index in [0.717, 1.165) is 5.56 Å². The van der Waals surface area contributed by atoms with Crippen LogP contribution in [0.5, 0.6) is 5.75 Å². The third-order valence-electron chi connectivity index (χ3n) is 4.12. The molecule has 0 amide bonds. The second-order valence-corrected chi connectivity index (χ2v) is 8.50. The molecule has 0 radical (unpaired) electrons. The number of halogens is 1. The Morgan fingerprint density at radius 3 is 2.62 bits per heavy atom. The Hall–Kier alpha value is -3.10. The van der Waals surface area contributed by atoms with Crippen molar-refractivity contribution >= 4 is 21.4 Å². The van der Waals surface area contributed by atoms with Gasteiger partial charge < -0.3 is 13.7 Å². The first-order valence-electron chi connectivity index (χ1n) is 8.51. The summed E-state index contributed by atoms with van der Waals surface area (Å²) in [5.74, 6) is 0.918. The van der Waals surface area contributed by atoms with Gasteiger partial charge in [0.25, 0.3) is 5.89 Å². The Morgan fingerprint density at radius 2 is 1.86 bits per heavy atom. The third kappa shape index (κ3) is 4.03. The van der Waals surface area contributed by atoms with Gasteiger partial charge in [-0.3, -0.25) is 0 Å². The van der Waals surface area contributed by atoms with Crippen molar-refractivity contribution in [1.29, 1.82) is 0 Å². The zero-order chi connectivity index (χ0) is 20.4. The van der Waals surface area contributed by atoms with Crippen LogP contribution in [0.4, 0.5) is 0 Å². The Balaban J connectivity index is 1.59. The lowest BCUT2D eigenvalue weighted by Crippen LogP contribution is -2.06. The SMILES string of the molecule is COc1ccc(Cl)cc1S(=O)(=O)Cc1ccc(-c2nc(-c3ccccc3)no2)o1. The first-order chi connectivity index (χ1) is 14.0. The van der Waals surface area contributed by atoms with Crippen molar-refractivity contribution < 1.29 is 22.1 Å². The van der Waals surface area contributed by atoms with Crippen LogP contribution in [-0.2, 0) is 15.6 Å². The first kappa shape index (κ1) is 19.2. The molecule has 148 valence electrons. The molecule has 0 unspecified atom stereocenters. The molecule has 4 aromatic rings. The molecule has 0 saturated carbocycles. The Labute approximate surface area is 171 Å². The molecule has 2 aromatic heterocycles. The molecule has 0 N–H and O–H groups in total. The molecule has 0 saturated heterocycles. The molecule has 2 aromatic carbocycles. The fourth-order valence-electron chi connectivity index (χ4n) is 2.76. The maximum absolute atomic E-state index is 12.8. The van der Waals surface area contributed by atoms with E-state index in [0.29, 0.717) is 10.8 Å². The highest BCUT2D eigenvalue weighted by Crippen LogP contribution is 2.31. The van der Waals surface area contributed by atoms with Gasteiger partial charge in [-0.2, -0.15) is 4.98 Å². The molecular weight excluding hydrogens is 416 g/mol. The zero-order valence-corrected chi connectivity index (χ0v) is 16.8. The van der Waals surface area contributed by atoms with Gasteiger partial charge in [-0.1, -0.05) is 47.1 Å². The van der Waals surface area contributed by atoms with Gasteiger partial charge in [0.2, 0.25) is 5.82 Å². The summed E-state index contributed by atoms with van der Waals surface area (Å²) in [5, 5.41) is 4.23. The summed E-state index contributed by atoms with van der Waals surface area (Å²) >= 11 is 5.95. The maximum Gasteiger partial charge on any atom is 0.293 e. The van der Waals surface area contributed by atoms with E-state index < -0.39 is 9.84 Å². The molecule has 0 aliphatic heterocycles. The van der Waals surface area contributed by atoms with Gasteiger partial charge in [0, 0.05) is 10.6 Å². The van der Waals surface area contributed by atoms with Crippen molar-refractivity contribution in [2.45, 2.75) is 10.6 Å². The highest BCUT2D eigenvalue weighted by molar-refractivity contribution is 7.90. The van der Waals surface area contributed by atoms with Crippen molar-refractivity contribution in [2.75, 3.05) is 7.11 Å². The van der Waals surface area contributed by atoms with E-state index in [2.05, 4.69) is 10.1 Å². The maximum atomic E-state index is 12.8. The predicted octanol–water partition coefficient (Wildman–Crippen LogP) is 4.63. The normalized spacial score (nSPS) is 11.5. The molecular formula is C20H15ClN2O5S. The van der Waals surface area contributed by atoms with Crippen molar-refractivity contribution in [3.05, 3.63) is 71.4 Å². The van der Waals surface area contributed by atoms with Crippen molar-refractivity contribution in [2.24, 2.45) is 0 Å². The smallest absolute Gasteiger partial charge is 0.293 e. The molecule has 0 bridgehead atoms. The van der Waals surface area contributed by atoms with Gasteiger partial charge in [0.15, 0.2) is 15.6 Å². The van der Waals surface area contributed by atoms with Crippen LogP contribution in [0, 0.1) is 0 Å². The summed E-state index contributed by atoms with van der Waals surface area (Å²) in [6.07, 6.45) is 0. The van der Waals surface area contributed by atoms with Gasteiger partial charge in [-0.05, 0) is 30.3 Å². The van der Waals surface area contributed by atoms with Crippen LogP contribution in [-0.4, -0.2) is 25.7 Å². The van der Waals surface area contributed by atoms with E-state index >= 15 is 0 Å². The number of benzene rings is 2. The van der Waals surface area contributed by atoms with E-state index in [1.165, 1.54) is 19.2 Å². The molecule has 9 heteroatoms. The van der Waals surface area contributed by atoms with Crippen molar-refractivity contribution in [3.8, 4) is 28.8 Å². The Morgan fingerprint density at radius 1 is 1.07 bits per heavy atom. The van der Waals surface area contributed by atoms with Crippen molar-refractivity contribution in [1.82, 2.24) is 10.1 Å². The number of aromatic nitrogens is 2. The van der Waals surface area contributed by atoms with Crippen LogP contribution in [0.25, 0.3) is 23.0 Å². The molecule has 0 aliphatic rings. The fraction of sp³-hybridized carbons (Fsp3) is 0.100. The quantitative estimate of drug-likeness (QED) is 0.440. The van der Waals surface area contributed by atoms with Crippen LogP contribution in [0.1, 0.15) is 5.76 Å².